The molecule has 0 radical (unpaired) electrons. The van der Waals surface area contributed by atoms with E-state index < -0.39 is 16.6 Å². The minimum absolute atomic E-state index is 0.182. The number of rotatable bonds is 4. The van der Waals surface area contributed by atoms with Gasteiger partial charge in [-0.2, -0.15) is 0 Å². The van der Waals surface area contributed by atoms with Gasteiger partial charge in [-0.1, -0.05) is 0 Å². The van der Waals surface area contributed by atoms with Crippen LogP contribution in [-0.2, 0) is 6.54 Å². The maximum atomic E-state index is 13.8. The number of thiophene rings is 1. The van der Waals surface area contributed by atoms with Gasteiger partial charge in [0.25, 0.3) is 11.6 Å². The van der Waals surface area contributed by atoms with Crippen LogP contribution in [0.2, 0.25) is 0 Å². The number of amides is 1. The van der Waals surface area contributed by atoms with Crippen molar-refractivity contribution in [1.82, 2.24) is 4.90 Å². The summed E-state index contributed by atoms with van der Waals surface area (Å²) >= 11 is 4.80. The van der Waals surface area contributed by atoms with Gasteiger partial charge in [0, 0.05) is 27.8 Å². The molecule has 2 rings (SSSR count). The highest BCUT2D eigenvalue weighted by Crippen LogP contribution is 2.22. The fourth-order valence-electron chi connectivity index (χ4n) is 1.74. The van der Waals surface area contributed by atoms with Crippen LogP contribution in [0, 0.1) is 15.9 Å². The average molecular weight is 373 g/mol. The van der Waals surface area contributed by atoms with Crippen LogP contribution in [0.5, 0.6) is 0 Å². The Balaban J connectivity index is 2.17. The summed E-state index contributed by atoms with van der Waals surface area (Å²) in [6.07, 6.45) is 0. The first-order valence-corrected chi connectivity index (χ1v) is 7.48. The largest absolute Gasteiger partial charge is 0.336 e. The van der Waals surface area contributed by atoms with Crippen molar-refractivity contribution in [2.24, 2.45) is 0 Å². The maximum Gasteiger partial charge on any atom is 0.272 e. The van der Waals surface area contributed by atoms with Crippen molar-refractivity contribution in [2.45, 2.75) is 6.54 Å². The summed E-state index contributed by atoms with van der Waals surface area (Å²) in [7, 11) is 1.55. The van der Waals surface area contributed by atoms with E-state index >= 15 is 0 Å². The number of carbonyl (C=O) groups is 1. The third kappa shape index (κ3) is 3.64. The summed E-state index contributed by atoms with van der Waals surface area (Å²) in [6, 6.07) is 4.88. The highest BCUT2D eigenvalue weighted by Gasteiger charge is 2.19. The number of benzene rings is 1. The average Bonchev–Trinajstić information content (AvgIpc) is 2.83. The van der Waals surface area contributed by atoms with Crippen molar-refractivity contribution in [3.63, 3.8) is 0 Å². The van der Waals surface area contributed by atoms with E-state index in [1.54, 1.807) is 7.05 Å². The van der Waals surface area contributed by atoms with Gasteiger partial charge in [0.2, 0.25) is 0 Å². The van der Waals surface area contributed by atoms with Gasteiger partial charge in [-0.15, -0.1) is 11.3 Å². The Morgan fingerprint density at radius 1 is 1.48 bits per heavy atom. The molecule has 0 aliphatic rings. The molecule has 0 spiro atoms. The smallest absolute Gasteiger partial charge is 0.272 e. The molecule has 0 unspecified atom stereocenters. The third-order valence-corrected chi connectivity index (χ3v) is 4.44. The number of nitro groups is 1. The zero-order valence-corrected chi connectivity index (χ0v) is 13.3. The quantitative estimate of drug-likeness (QED) is 0.605. The summed E-state index contributed by atoms with van der Waals surface area (Å²) in [4.78, 5) is 24.3. The lowest BCUT2D eigenvalue weighted by molar-refractivity contribution is -0.385. The second-order valence-corrected chi connectivity index (χ2v) is 6.23. The Bertz CT molecular complexity index is 704. The number of nitrogens with zero attached hydrogens (tertiary/aromatic N) is 2. The number of carbonyl (C=O) groups excluding carboxylic acids is 1. The number of non-ortho nitro benzene ring substituents is 1. The molecule has 1 amide bonds. The van der Waals surface area contributed by atoms with Crippen LogP contribution in [0.15, 0.2) is 34.1 Å². The Hall–Kier alpha value is -1.80. The summed E-state index contributed by atoms with van der Waals surface area (Å²) in [5, 5.41) is 12.4. The molecule has 21 heavy (non-hydrogen) atoms. The first-order chi connectivity index (χ1) is 9.88. The lowest BCUT2D eigenvalue weighted by atomic mass is 10.1. The summed E-state index contributed by atoms with van der Waals surface area (Å²) < 4.78 is 14.7. The zero-order valence-electron chi connectivity index (χ0n) is 10.9. The minimum Gasteiger partial charge on any atom is -0.336 e. The number of halogens is 2. The van der Waals surface area contributed by atoms with Crippen LogP contribution in [0.3, 0.4) is 0 Å². The Morgan fingerprint density at radius 2 is 2.19 bits per heavy atom. The van der Waals surface area contributed by atoms with E-state index in [-0.39, 0.29) is 11.3 Å². The lowest BCUT2D eigenvalue weighted by Gasteiger charge is -2.16. The Morgan fingerprint density at radius 3 is 2.71 bits per heavy atom. The van der Waals surface area contributed by atoms with Crippen LogP contribution in [0.4, 0.5) is 10.1 Å². The van der Waals surface area contributed by atoms with Gasteiger partial charge in [-0.25, -0.2) is 4.39 Å². The van der Waals surface area contributed by atoms with Crippen LogP contribution in [-0.4, -0.2) is 22.8 Å². The molecule has 1 heterocycles. The van der Waals surface area contributed by atoms with E-state index in [0.717, 1.165) is 27.5 Å². The zero-order chi connectivity index (χ0) is 15.6. The number of nitro benzene ring substituents is 1. The predicted molar refractivity (Wildman–Crippen MR) is 80.9 cm³/mol. The summed E-state index contributed by atoms with van der Waals surface area (Å²) in [5.74, 6) is -1.42. The molecule has 5 nitrogen and oxygen atoms in total. The molecule has 110 valence electrons. The first kappa shape index (κ1) is 15.6. The van der Waals surface area contributed by atoms with E-state index in [9.17, 15) is 19.3 Å². The summed E-state index contributed by atoms with van der Waals surface area (Å²) in [6.45, 7) is 0.339. The van der Waals surface area contributed by atoms with Gasteiger partial charge in [0.15, 0.2) is 0 Å². The number of hydrogen-bond acceptors (Lipinski definition) is 4. The molecule has 0 saturated heterocycles. The van der Waals surface area contributed by atoms with E-state index in [0.29, 0.717) is 6.54 Å². The Labute approximate surface area is 132 Å². The predicted octanol–water partition coefficient (Wildman–Crippen LogP) is 3.83. The molecule has 0 fully saturated rings. The van der Waals surface area contributed by atoms with Crippen molar-refractivity contribution in [1.29, 1.82) is 0 Å². The molecule has 0 atom stereocenters. The molecule has 1 aromatic heterocycles. The molecular weight excluding hydrogens is 363 g/mol. The normalized spacial score (nSPS) is 10.4. The van der Waals surface area contributed by atoms with Crippen LogP contribution < -0.4 is 0 Å². The fourth-order valence-corrected chi connectivity index (χ4v) is 3.24. The second-order valence-electron chi connectivity index (χ2n) is 4.31. The molecular formula is C13H10BrFN2O3S. The van der Waals surface area contributed by atoms with Crippen LogP contribution in [0.25, 0.3) is 0 Å². The molecule has 8 heteroatoms. The molecule has 0 N–H and O–H groups in total. The van der Waals surface area contributed by atoms with Gasteiger partial charge in [0.05, 0.1) is 23.1 Å². The maximum absolute atomic E-state index is 13.8. The number of hydrogen-bond donors (Lipinski definition) is 0. The van der Waals surface area contributed by atoms with Crippen molar-refractivity contribution < 1.29 is 14.1 Å². The van der Waals surface area contributed by atoms with Crippen molar-refractivity contribution in [3.05, 3.63) is 60.5 Å². The van der Waals surface area contributed by atoms with E-state index in [2.05, 4.69) is 15.9 Å². The third-order valence-electron chi connectivity index (χ3n) is 2.76. The van der Waals surface area contributed by atoms with Gasteiger partial charge < -0.3 is 4.90 Å². The minimum atomic E-state index is -0.895. The highest BCUT2D eigenvalue weighted by atomic mass is 79.9. The van der Waals surface area contributed by atoms with Crippen molar-refractivity contribution in [2.75, 3.05) is 7.05 Å². The summed E-state index contributed by atoms with van der Waals surface area (Å²) in [5.41, 5.74) is -0.562. The van der Waals surface area contributed by atoms with Crippen molar-refractivity contribution in [3.8, 4) is 0 Å². The van der Waals surface area contributed by atoms with E-state index in [1.807, 2.05) is 11.4 Å². The van der Waals surface area contributed by atoms with Crippen molar-refractivity contribution >= 4 is 38.9 Å². The van der Waals surface area contributed by atoms with Gasteiger partial charge in [0.1, 0.15) is 5.82 Å². The highest BCUT2D eigenvalue weighted by molar-refractivity contribution is 9.10. The molecule has 1 aromatic carbocycles. The van der Waals surface area contributed by atoms with Gasteiger partial charge in [-0.3, -0.25) is 14.9 Å². The molecule has 0 aliphatic carbocycles. The molecule has 0 saturated carbocycles. The monoisotopic (exact) mass is 372 g/mol. The molecule has 0 bridgehead atoms. The van der Waals surface area contributed by atoms with Gasteiger partial charge >= 0.3 is 0 Å². The SMILES string of the molecule is CN(Cc1cc(Br)cs1)C(=O)c1ccc([N+](=O)[O-])cc1F. The van der Waals surface area contributed by atoms with E-state index in [1.165, 1.54) is 16.2 Å². The second kappa shape index (κ2) is 6.31. The molecule has 0 aliphatic heterocycles. The topological polar surface area (TPSA) is 63.5 Å². The van der Waals surface area contributed by atoms with E-state index in [4.69, 9.17) is 0 Å². The van der Waals surface area contributed by atoms with Crippen LogP contribution >= 0.6 is 27.3 Å². The standard InChI is InChI=1S/C13H10BrFN2O3S/c1-16(6-10-4-8(14)7-21-10)13(18)11-3-2-9(17(19)20)5-12(11)15/h2-5,7H,6H2,1H3. The lowest BCUT2D eigenvalue weighted by Crippen LogP contribution is -2.26. The van der Waals surface area contributed by atoms with Gasteiger partial charge in [-0.05, 0) is 28.1 Å². The molecule has 2 aromatic rings. The Kier molecular flexibility index (Phi) is 4.69. The van der Waals surface area contributed by atoms with Crippen LogP contribution in [0.1, 0.15) is 15.2 Å². The first-order valence-electron chi connectivity index (χ1n) is 5.81. The fraction of sp³-hybridized carbons (Fsp3) is 0.154.